The average Bonchev–Trinajstić information content (AvgIpc) is 2.71. The van der Waals surface area contributed by atoms with Crippen molar-refractivity contribution in [2.24, 2.45) is 0 Å². The van der Waals surface area contributed by atoms with Crippen LogP contribution in [0.25, 0.3) is 0 Å². The Balaban J connectivity index is 1.85. The van der Waals surface area contributed by atoms with Crippen molar-refractivity contribution in [1.29, 1.82) is 0 Å². The smallest absolute Gasteiger partial charge is 0.338 e. The summed E-state index contributed by atoms with van der Waals surface area (Å²) < 4.78 is 44.7. The fourth-order valence-electron chi connectivity index (χ4n) is 2.25. The summed E-state index contributed by atoms with van der Waals surface area (Å²) >= 11 is 0. The van der Waals surface area contributed by atoms with Gasteiger partial charge in [0.25, 0.3) is 5.91 Å². The van der Waals surface area contributed by atoms with E-state index in [1.54, 1.807) is 6.92 Å². The Morgan fingerprint density at radius 3 is 2.28 bits per heavy atom. The monoisotopic (exact) mass is 422 g/mol. The van der Waals surface area contributed by atoms with E-state index >= 15 is 0 Å². The first-order valence-corrected chi connectivity index (χ1v) is 10.5. The van der Waals surface area contributed by atoms with Gasteiger partial charge in [-0.25, -0.2) is 22.3 Å². The summed E-state index contributed by atoms with van der Waals surface area (Å²) in [5.41, 5.74) is 0.827. The summed E-state index contributed by atoms with van der Waals surface area (Å²) in [7, 11) is -3.67. The van der Waals surface area contributed by atoms with Gasteiger partial charge in [0.1, 0.15) is 5.82 Å². The van der Waals surface area contributed by atoms with Crippen LogP contribution in [0, 0.1) is 5.82 Å². The molecule has 0 bridgehead atoms. The van der Waals surface area contributed by atoms with Gasteiger partial charge in [-0.05, 0) is 55.3 Å². The molecule has 1 amide bonds. The zero-order chi connectivity index (χ0) is 21.4. The van der Waals surface area contributed by atoms with Crippen LogP contribution in [-0.4, -0.2) is 32.9 Å². The number of carbonyl (C=O) groups excluding carboxylic acids is 2. The van der Waals surface area contributed by atoms with Crippen molar-refractivity contribution < 1.29 is 27.1 Å². The molecular weight excluding hydrogens is 399 g/mol. The molecular formula is C20H23FN2O5S. The number of benzene rings is 2. The highest BCUT2D eigenvalue weighted by Crippen LogP contribution is 2.12. The van der Waals surface area contributed by atoms with Gasteiger partial charge in [-0.1, -0.05) is 19.1 Å². The Morgan fingerprint density at radius 2 is 1.69 bits per heavy atom. The summed E-state index contributed by atoms with van der Waals surface area (Å²) in [6.45, 7) is 3.30. The molecule has 0 fully saturated rings. The molecule has 0 radical (unpaired) electrons. The lowest BCUT2D eigenvalue weighted by Gasteiger charge is -2.12. The van der Waals surface area contributed by atoms with Crippen molar-refractivity contribution in [3.8, 4) is 0 Å². The third kappa shape index (κ3) is 6.95. The average molecular weight is 422 g/mol. The molecule has 29 heavy (non-hydrogen) atoms. The molecule has 0 spiro atoms. The minimum absolute atomic E-state index is 0.0337. The van der Waals surface area contributed by atoms with Gasteiger partial charge in [0.05, 0.1) is 10.5 Å². The summed E-state index contributed by atoms with van der Waals surface area (Å²) in [6.07, 6.45) is 0.646. The Morgan fingerprint density at radius 1 is 1.07 bits per heavy atom. The summed E-state index contributed by atoms with van der Waals surface area (Å²) in [6, 6.07) is 10.7. The van der Waals surface area contributed by atoms with Gasteiger partial charge in [0.15, 0.2) is 6.61 Å². The lowest BCUT2D eigenvalue weighted by molar-refractivity contribution is -0.124. The van der Waals surface area contributed by atoms with Gasteiger partial charge >= 0.3 is 5.97 Å². The van der Waals surface area contributed by atoms with Crippen LogP contribution >= 0.6 is 0 Å². The predicted octanol–water partition coefficient (Wildman–Crippen LogP) is 2.38. The van der Waals surface area contributed by atoms with E-state index in [-0.39, 0.29) is 28.9 Å². The number of nitrogens with one attached hydrogen (secondary N) is 2. The van der Waals surface area contributed by atoms with Crippen molar-refractivity contribution in [2.75, 3.05) is 6.61 Å². The lowest BCUT2D eigenvalue weighted by Crippen LogP contribution is -2.32. The molecule has 0 aliphatic heterocycles. The topological polar surface area (TPSA) is 102 Å². The molecule has 1 atom stereocenters. The van der Waals surface area contributed by atoms with Gasteiger partial charge in [-0.3, -0.25) is 4.79 Å². The summed E-state index contributed by atoms with van der Waals surface area (Å²) in [5.74, 6) is -1.64. The SMILES string of the molecule is CC[C@@H](C)NS(=O)(=O)c1ccc(C(=O)OCC(=O)NCc2ccc(F)cc2)cc1. The maximum absolute atomic E-state index is 12.8. The van der Waals surface area contributed by atoms with Crippen molar-refractivity contribution in [3.05, 3.63) is 65.5 Å². The number of rotatable bonds is 9. The van der Waals surface area contributed by atoms with Crippen LogP contribution in [0.3, 0.4) is 0 Å². The van der Waals surface area contributed by atoms with E-state index in [0.717, 1.165) is 0 Å². The van der Waals surface area contributed by atoms with E-state index in [1.165, 1.54) is 48.5 Å². The highest BCUT2D eigenvalue weighted by Gasteiger charge is 2.17. The standard InChI is InChI=1S/C20H23FN2O5S/c1-3-14(2)23-29(26,27)18-10-6-16(7-11-18)20(25)28-13-19(24)22-12-15-4-8-17(21)9-5-15/h4-11,14,23H,3,12-13H2,1-2H3,(H,22,24)/t14-/m1/s1. The second-order valence-electron chi connectivity index (χ2n) is 6.43. The Hall–Kier alpha value is -2.78. The van der Waals surface area contributed by atoms with Crippen molar-refractivity contribution in [2.45, 2.75) is 37.8 Å². The molecule has 0 saturated heterocycles. The second-order valence-corrected chi connectivity index (χ2v) is 8.15. The zero-order valence-electron chi connectivity index (χ0n) is 16.1. The number of carbonyl (C=O) groups is 2. The maximum Gasteiger partial charge on any atom is 0.338 e. The molecule has 2 rings (SSSR count). The fraction of sp³-hybridized carbons (Fsp3) is 0.300. The molecule has 7 nitrogen and oxygen atoms in total. The van der Waals surface area contributed by atoms with Crippen LogP contribution in [0.2, 0.25) is 0 Å². The Bertz CT molecular complexity index is 944. The van der Waals surface area contributed by atoms with Crippen LogP contribution in [-0.2, 0) is 26.1 Å². The van der Waals surface area contributed by atoms with Crippen molar-refractivity contribution in [1.82, 2.24) is 10.0 Å². The number of amides is 1. The Kier molecular flexibility index (Phi) is 7.86. The number of hydrogen-bond donors (Lipinski definition) is 2. The van der Waals surface area contributed by atoms with Crippen LogP contribution in [0.1, 0.15) is 36.2 Å². The molecule has 0 aliphatic rings. The van der Waals surface area contributed by atoms with Gasteiger partial charge in [0.2, 0.25) is 10.0 Å². The Labute approximate surface area is 169 Å². The number of hydrogen-bond acceptors (Lipinski definition) is 5. The molecule has 9 heteroatoms. The third-order valence-corrected chi connectivity index (χ3v) is 5.71. The van der Waals surface area contributed by atoms with Crippen molar-refractivity contribution >= 4 is 21.9 Å². The van der Waals surface area contributed by atoms with Crippen LogP contribution < -0.4 is 10.0 Å². The second kappa shape index (κ2) is 10.1. The molecule has 2 aromatic carbocycles. The normalized spacial score (nSPS) is 12.2. The zero-order valence-corrected chi connectivity index (χ0v) is 17.0. The first-order chi connectivity index (χ1) is 13.7. The third-order valence-electron chi connectivity index (χ3n) is 4.11. The predicted molar refractivity (Wildman–Crippen MR) is 105 cm³/mol. The van der Waals surface area contributed by atoms with Crippen LogP contribution in [0.5, 0.6) is 0 Å². The summed E-state index contributed by atoms with van der Waals surface area (Å²) in [5, 5.41) is 2.55. The van der Waals surface area contributed by atoms with Crippen LogP contribution in [0.15, 0.2) is 53.4 Å². The molecule has 156 valence electrons. The first-order valence-electron chi connectivity index (χ1n) is 9.02. The number of sulfonamides is 1. The van der Waals surface area contributed by atoms with E-state index in [0.29, 0.717) is 12.0 Å². The van der Waals surface area contributed by atoms with Gasteiger partial charge in [0, 0.05) is 12.6 Å². The molecule has 0 heterocycles. The van der Waals surface area contributed by atoms with E-state index in [4.69, 9.17) is 4.74 Å². The van der Waals surface area contributed by atoms with Gasteiger partial charge in [-0.2, -0.15) is 0 Å². The van der Waals surface area contributed by atoms with Crippen LogP contribution in [0.4, 0.5) is 4.39 Å². The van der Waals surface area contributed by atoms with Crippen molar-refractivity contribution in [3.63, 3.8) is 0 Å². The van der Waals surface area contributed by atoms with Gasteiger partial charge in [-0.15, -0.1) is 0 Å². The lowest BCUT2D eigenvalue weighted by atomic mass is 10.2. The maximum atomic E-state index is 12.8. The van der Waals surface area contributed by atoms with E-state index in [9.17, 15) is 22.4 Å². The summed E-state index contributed by atoms with van der Waals surface area (Å²) in [4.78, 5) is 23.9. The number of esters is 1. The van der Waals surface area contributed by atoms with E-state index in [2.05, 4.69) is 10.0 Å². The molecule has 0 saturated carbocycles. The molecule has 2 N–H and O–H groups in total. The van der Waals surface area contributed by atoms with E-state index in [1.807, 2.05) is 6.92 Å². The van der Waals surface area contributed by atoms with E-state index < -0.39 is 28.5 Å². The minimum atomic E-state index is -3.67. The highest BCUT2D eigenvalue weighted by molar-refractivity contribution is 7.89. The largest absolute Gasteiger partial charge is 0.452 e. The number of halogens is 1. The molecule has 2 aromatic rings. The molecule has 0 unspecified atom stereocenters. The number of ether oxygens (including phenoxy) is 1. The minimum Gasteiger partial charge on any atom is -0.452 e. The first kappa shape index (κ1) is 22.5. The fourth-order valence-corrected chi connectivity index (χ4v) is 3.58. The highest BCUT2D eigenvalue weighted by atomic mass is 32.2. The quantitative estimate of drug-likeness (QED) is 0.604. The van der Waals surface area contributed by atoms with Gasteiger partial charge < -0.3 is 10.1 Å². The molecule has 0 aliphatic carbocycles. The molecule has 0 aromatic heterocycles.